The van der Waals surface area contributed by atoms with Gasteiger partial charge >= 0.3 is 0 Å². The summed E-state index contributed by atoms with van der Waals surface area (Å²) >= 11 is 0. The molecule has 18 heavy (non-hydrogen) atoms. The summed E-state index contributed by atoms with van der Waals surface area (Å²) in [5.41, 5.74) is -0.329. The molecule has 0 saturated carbocycles. The van der Waals surface area contributed by atoms with Crippen molar-refractivity contribution in [1.82, 2.24) is 0 Å². The van der Waals surface area contributed by atoms with Crippen LogP contribution in [-0.2, 0) is 5.60 Å². The quantitative estimate of drug-likeness (QED) is 0.694. The number of aromatic hydroxyl groups is 2. The Labute approximate surface area is 109 Å². The van der Waals surface area contributed by atoms with Crippen molar-refractivity contribution in [3.8, 4) is 11.5 Å². The fraction of sp³-hybridized carbons (Fsp3) is 0.600. The van der Waals surface area contributed by atoms with Crippen molar-refractivity contribution < 1.29 is 15.3 Å². The van der Waals surface area contributed by atoms with Crippen LogP contribution >= 0.6 is 0 Å². The number of hydrogen-bond donors (Lipinski definition) is 3. The molecule has 0 aromatic heterocycles. The monoisotopic (exact) mass is 252 g/mol. The van der Waals surface area contributed by atoms with Gasteiger partial charge in [0.1, 0.15) is 11.5 Å². The van der Waals surface area contributed by atoms with Crippen LogP contribution in [0, 0.1) is 0 Å². The molecule has 0 atom stereocenters. The van der Waals surface area contributed by atoms with Crippen LogP contribution in [0.1, 0.15) is 57.9 Å². The van der Waals surface area contributed by atoms with Crippen LogP contribution in [0.15, 0.2) is 18.2 Å². The molecule has 1 rings (SSSR count). The molecule has 0 fully saturated rings. The van der Waals surface area contributed by atoms with Crippen molar-refractivity contribution >= 4 is 0 Å². The highest BCUT2D eigenvalue weighted by Gasteiger charge is 2.28. The molecule has 3 N–H and O–H groups in total. The molecule has 0 spiro atoms. The zero-order chi connectivity index (χ0) is 13.6. The van der Waals surface area contributed by atoms with Crippen LogP contribution < -0.4 is 0 Å². The van der Waals surface area contributed by atoms with Crippen LogP contribution in [0.4, 0.5) is 0 Å². The van der Waals surface area contributed by atoms with Crippen LogP contribution in [0.2, 0.25) is 0 Å². The number of hydrogen-bond acceptors (Lipinski definition) is 3. The lowest BCUT2D eigenvalue weighted by molar-refractivity contribution is 0.0137. The SMILES string of the molecule is CCCCC(O)(CCCC)c1cc(O)cc(O)c1. The topological polar surface area (TPSA) is 60.7 Å². The van der Waals surface area contributed by atoms with Gasteiger partial charge in [-0.2, -0.15) is 0 Å². The molecule has 0 aliphatic rings. The second kappa shape index (κ2) is 6.64. The maximum Gasteiger partial charge on any atom is 0.119 e. The van der Waals surface area contributed by atoms with E-state index in [1.165, 1.54) is 6.07 Å². The van der Waals surface area contributed by atoms with E-state index < -0.39 is 5.60 Å². The second-order valence-corrected chi connectivity index (χ2v) is 4.98. The molecule has 0 amide bonds. The molecule has 0 unspecified atom stereocenters. The molecular formula is C15H24O3. The number of rotatable bonds is 7. The number of benzene rings is 1. The molecular weight excluding hydrogens is 228 g/mol. The third kappa shape index (κ3) is 3.91. The predicted molar refractivity (Wildman–Crippen MR) is 72.7 cm³/mol. The van der Waals surface area contributed by atoms with Crippen molar-refractivity contribution in [2.45, 2.75) is 58.0 Å². The van der Waals surface area contributed by atoms with Crippen LogP contribution in [0.25, 0.3) is 0 Å². The summed E-state index contributed by atoms with van der Waals surface area (Å²) < 4.78 is 0. The summed E-state index contributed by atoms with van der Waals surface area (Å²) in [5.74, 6) is -0.00663. The normalized spacial score (nSPS) is 11.7. The van der Waals surface area contributed by atoms with E-state index >= 15 is 0 Å². The Hall–Kier alpha value is -1.22. The van der Waals surface area contributed by atoms with Crippen LogP contribution in [-0.4, -0.2) is 15.3 Å². The molecule has 0 saturated heterocycles. The van der Waals surface area contributed by atoms with Gasteiger partial charge in [0, 0.05) is 6.07 Å². The van der Waals surface area contributed by atoms with Gasteiger partial charge in [0.15, 0.2) is 0 Å². The second-order valence-electron chi connectivity index (χ2n) is 4.98. The number of aliphatic hydroxyl groups is 1. The third-order valence-electron chi connectivity index (χ3n) is 3.33. The summed E-state index contributed by atoms with van der Waals surface area (Å²) in [4.78, 5) is 0. The van der Waals surface area contributed by atoms with Gasteiger partial charge in [-0.1, -0.05) is 39.5 Å². The molecule has 3 heteroatoms. The van der Waals surface area contributed by atoms with Gasteiger partial charge < -0.3 is 15.3 Å². The molecule has 1 aromatic rings. The van der Waals surface area contributed by atoms with E-state index in [1.807, 2.05) is 0 Å². The Morgan fingerprint density at radius 3 is 1.72 bits per heavy atom. The largest absolute Gasteiger partial charge is 0.508 e. The van der Waals surface area contributed by atoms with E-state index in [2.05, 4.69) is 13.8 Å². The standard InChI is InChI=1S/C15H24O3/c1-3-5-7-15(18,8-6-4-2)12-9-13(16)11-14(17)10-12/h9-11,16-18H,3-8H2,1-2H3. The van der Waals surface area contributed by atoms with E-state index in [9.17, 15) is 15.3 Å². The molecule has 0 aliphatic carbocycles. The molecule has 0 bridgehead atoms. The van der Waals surface area contributed by atoms with Crippen molar-refractivity contribution in [2.24, 2.45) is 0 Å². The first-order valence-electron chi connectivity index (χ1n) is 6.77. The van der Waals surface area contributed by atoms with E-state index in [4.69, 9.17) is 0 Å². The molecule has 0 radical (unpaired) electrons. The average Bonchev–Trinajstić information content (AvgIpc) is 2.32. The molecule has 1 aromatic carbocycles. The van der Waals surface area contributed by atoms with E-state index in [-0.39, 0.29) is 11.5 Å². The van der Waals surface area contributed by atoms with Crippen molar-refractivity contribution in [3.05, 3.63) is 23.8 Å². The van der Waals surface area contributed by atoms with Crippen LogP contribution in [0.3, 0.4) is 0 Å². The van der Waals surface area contributed by atoms with Crippen LogP contribution in [0.5, 0.6) is 11.5 Å². The summed E-state index contributed by atoms with van der Waals surface area (Å²) in [5, 5.41) is 29.8. The number of unbranched alkanes of at least 4 members (excludes halogenated alkanes) is 2. The fourth-order valence-corrected chi connectivity index (χ4v) is 2.22. The van der Waals surface area contributed by atoms with Gasteiger partial charge in [-0.15, -0.1) is 0 Å². The van der Waals surface area contributed by atoms with Crippen molar-refractivity contribution in [3.63, 3.8) is 0 Å². The first-order valence-corrected chi connectivity index (χ1v) is 6.77. The first kappa shape index (κ1) is 14.8. The maximum absolute atomic E-state index is 10.8. The highest BCUT2D eigenvalue weighted by atomic mass is 16.3. The molecule has 3 nitrogen and oxygen atoms in total. The van der Waals surface area contributed by atoms with Crippen molar-refractivity contribution in [1.29, 1.82) is 0 Å². The van der Waals surface area contributed by atoms with Gasteiger partial charge in [-0.25, -0.2) is 0 Å². The lowest BCUT2D eigenvalue weighted by Crippen LogP contribution is -2.25. The van der Waals surface area contributed by atoms with E-state index in [0.29, 0.717) is 18.4 Å². The van der Waals surface area contributed by atoms with Crippen molar-refractivity contribution in [2.75, 3.05) is 0 Å². The smallest absolute Gasteiger partial charge is 0.119 e. The summed E-state index contributed by atoms with van der Waals surface area (Å²) in [7, 11) is 0. The maximum atomic E-state index is 10.8. The first-order chi connectivity index (χ1) is 8.51. The minimum Gasteiger partial charge on any atom is -0.508 e. The van der Waals surface area contributed by atoms with Gasteiger partial charge in [0.2, 0.25) is 0 Å². The Kier molecular flexibility index (Phi) is 5.48. The Bertz CT molecular complexity index is 346. The third-order valence-corrected chi connectivity index (χ3v) is 3.33. The highest BCUT2D eigenvalue weighted by molar-refractivity contribution is 5.39. The Morgan fingerprint density at radius 2 is 1.33 bits per heavy atom. The van der Waals surface area contributed by atoms with Gasteiger partial charge in [0.25, 0.3) is 0 Å². The highest BCUT2D eigenvalue weighted by Crippen LogP contribution is 2.36. The lowest BCUT2D eigenvalue weighted by Gasteiger charge is -2.29. The van der Waals surface area contributed by atoms with E-state index in [1.54, 1.807) is 12.1 Å². The summed E-state index contributed by atoms with van der Waals surface area (Å²) in [6.45, 7) is 4.17. The molecule has 0 aliphatic heterocycles. The zero-order valence-corrected chi connectivity index (χ0v) is 11.3. The Morgan fingerprint density at radius 1 is 0.889 bits per heavy atom. The van der Waals surface area contributed by atoms with Gasteiger partial charge in [0.05, 0.1) is 5.60 Å². The molecule has 0 heterocycles. The lowest BCUT2D eigenvalue weighted by atomic mass is 9.84. The average molecular weight is 252 g/mol. The van der Waals surface area contributed by atoms with E-state index in [0.717, 1.165) is 25.7 Å². The molecule has 102 valence electrons. The van der Waals surface area contributed by atoms with Gasteiger partial charge in [-0.05, 0) is 30.5 Å². The zero-order valence-electron chi connectivity index (χ0n) is 11.3. The fourth-order valence-electron chi connectivity index (χ4n) is 2.22. The predicted octanol–water partition coefficient (Wildman–Crippen LogP) is 3.67. The Balaban J connectivity index is 2.99. The number of phenolic OH excluding ortho intramolecular Hbond substituents is 2. The number of phenols is 2. The van der Waals surface area contributed by atoms with Gasteiger partial charge in [-0.3, -0.25) is 0 Å². The minimum absolute atomic E-state index is 0.00331. The minimum atomic E-state index is -0.942. The summed E-state index contributed by atoms with van der Waals surface area (Å²) in [6, 6.07) is 4.37. The summed E-state index contributed by atoms with van der Waals surface area (Å²) in [6.07, 6.45) is 5.20.